The minimum Gasteiger partial charge on any atom is -0.336 e. The standard InChI is InChI=1S/C15H27N3O2/c1-11-6-5-7-17(9-11)14(20)16-12-8-13(19)18(10-12)15(2,3)4/h11-12H,5-10H2,1-4H3,(H,16,20). The third-order valence-electron chi connectivity index (χ3n) is 4.21. The lowest BCUT2D eigenvalue weighted by Gasteiger charge is -2.33. The van der Waals surface area contributed by atoms with E-state index in [-0.39, 0.29) is 23.5 Å². The summed E-state index contributed by atoms with van der Waals surface area (Å²) >= 11 is 0. The van der Waals surface area contributed by atoms with E-state index in [2.05, 4.69) is 12.2 Å². The van der Waals surface area contributed by atoms with Gasteiger partial charge in [-0.1, -0.05) is 6.92 Å². The van der Waals surface area contributed by atoms with Crippen LogP contribution in [0.4, 0.5) is 4.79 Å². The zero-order valence-electron chi connectivity index (χ0n) is 13.1. The minimum atomic E-state index is -0.170. The molecule has 0 saturated carbocycles. The van der Waals surface area contributed by atoms with E-state index in [0.717, 1.165) is 19.5 Å². The number of carbonyl (C=O) groups excluding carboxylic acids is 2. The summed E-state index contributed by atoms with van der Waals surface area (Å²) in [5, 5.41) is 3.03. The second kappa shape index (κ2) is 5.62. The van der Waals surface area contributed by atoms with Gasteiger partial charge >= 0.3 is 6.03 Å². The maximum absolute atomic E-state index is 12.2. The molecule has 20 heavy (non-hydrogen) atoms. The van der Waals surface area contributed by atoms with E-state index >= 15 is 0 Å². The average molecular weight is 281 g/mol. The first-order valence-corrected chi connectivity index (χ1v) is 7.63. The Morgan fingerprint density at radius 1 is 1.30 bits per heavy atom. The van der Waals surface area contributed by atoms with Crippen molar-refractivity contribution in [2.75, 3.05) is 19.6 Å². The fourth-order valence-corrected chi connectivity index (χ4v) is 3.09. The van der Waals surface area contributed by atoms with Crippen LogP contribution in [0.2, 0.25) is 0 Å². The van der Waals surface area contributed by atoms with Crippen LogP contribution in [-0.2, 0) is 4.79 Å². The van der Waals surface area contributed by atoms with E-state index < -0.39 is 0 Å². The lowest BCUT2D eigenvalue weighted by Crippen LogP contribution is -2.50. The minimum absolute atomic E-state index is 0.00916. The van der Waals surface area contributed by atoms with Gasteiger partial charge in [0, 0.05) is 31.6 Å². The predicted octanol–water partition coefficient (Wildman–Crippen LogP) is 1.83. The highest BCUT2D eigenvalue weighted by Crippen LogP contribution is 2.22. The van der Waals surface area contributed by atoms with Crippen molar-refractivity contribution in [2.24, 2.45) is 5.92 Å². The Morgan fingerprint density at radius 2 is 2.00 bits per heavy atom. The van der Waals surface area contributed by atoms with Gasteiger partial charge in [0.05, 0.1) is 6.04 Å². The van der Waals surface area contributed by atoms with Gasteiger partial charge in [0.1, 0.15) is 0 Å². The summed E-state index contributed by atoms with van der Waals surface area (Å²) in [4.78, 5) is 28.0. The molecular weight excluding hydrogens is 254 g/mol. The van der Waals surface area contributed by atoms with Gasteiger partial charge < -0.3 is 15.1 Å². The fraction of sp³-hybridized carbons (Fsp3) is 0.867. The largest absolute Gasteiger partial charge is 0.336 e. The summed E-state index contributed by atoms with van der Waals surface area (Å²) in [6, 6.07) is -0.0587. The molecule has 2 aliphatic heterocycles. The molecule has 3 amide bonds. The van der Waals surface area contributed by atoms with Crippen LogP contribution in [0.3, 0.4) is 0 Å². The molecule has 2 fully saturated rings. The second-order valence-corrected chi connectivity index (χ2v) is 7.22. The zero-order valence-corrected chi connectivity index (χ0v) is 13.1. The molecule has 2 heterocycles. The first kappa shape index (κ1) is 15.1. The number of nitrogens with one attached hydrogen (secondary N) is 1. The Morgan fingerprint density at radius 3 is 2.55 bits per heavy atom. The van der Waals surface area contributed by atoms with Crippen molar-refractivity contribution in [1.29, 1.82) is 0 Å². The fourth-order valence-electron chi connectivity index (χ4n) is 3.09. The molecule has 5 nitrogen and oxygen atoms in total. The molecule has 5 heteroatoms. The van der Waals surface area contributed by atoms with Gasteiger partial charge in [0.2, 0.25) is 5.91 Å². The number of likely N-dealkylation sites (tertiary alicyclic amines) is 2. The third kappa shape index (κ3) is 3.44. The van der Waals surface area contributed by atoms with Crippen molar-refractivity contribution < 1.29 is 9.59 Å². The molecule has 0 aromatic heterocycles. The molecule has 2 aliphatic rings. The first-order valence-electron chi connectivity index (χ1n) is 7.63. The van der Waals surface area contributed by atoms with E-state index in [1.54, 1.807) is 0 Å². The molecule has 0 radical (unpaired) electrons. The van der Waals surface area contributed by atoms with Crippen molar-refractivity contribution >= 4 is 11.9 Å². The number of urea groups is 1. The number of piperidine rings is 1. The van der Waals surface area contributed by atoms with Crippen LogP contribution in [0.5, 0.6) is 0 Å². The van der Waals surface area contributed by atoms with Crippen LogP contribution < -0.4 is 5.32 Å². The zero-order chi connectivity index (χ0) is 14.9. The third-order valence-corrected chi connectivity index (χ3v) is 4.21. The highest BCUT2D eigenvalue weighted by Gasteiger charge is 2.37. The number of hydrogen-bond donors (Lipinski definition) is 1. The van der Waals surface area contributed by atoms with Crippen LogP contribution in [0.15, 0.2) is 0 Å². The van der Waals surface area contributed by atoms with E-state index in [1.165, 1.54) is 6.42 Å². The molecule has 1 N–H and O–H groups in total. The number of amides is 3. The number of rotatable bonds is 1. The Balaban J connectivity index is 1.88. The lowest BCUT2D eigenvalue weighted by molar-refractivity contribution is -0.131. The molecular formula is C15H27N3O2. The average Bonchev–Trinajstić information content (AvgIpc) is 2.70. The maximum Gasteiger partial charge on any atom is 0.317 e. The van der Waals surface area contributed by atoms with Crippen molar-refractivity contribution in [3.05, 3.63) is 0 Å². The van der Waals surface area contributed by atoms with Gasteiger partial charge in [0.15, 0.2) is 0 Å². The van der Waals surface area contributed by atoms with Crippen LogP contribution in [0.1, 0.15) is 47.0 Å². The van der Waals surface area contributed by atoms with Gasteiger partial charge in [-0.3, -0.25) is 4.79 Å². The van der Waals surface area contributed by atoms with E-state index in [4.69, 9.17) is 0 Å². The number of nitrogens with zero attached hydrogens (tertiary/aromatic N) is 2. The molecule has 2 rings (SSSR count). The first-order chi connectivity index (χ1) is 9.27. The van der Waals surface area contributed by atoms with Gasteiger partial charge in [-0.05, 0) is 39.5 Å². The van der Waals surface area contributed by atoms with Crippen molar-refractivity contribution in [3.8, 4) is 0 Å². The summed E-state index contributed by atoms with van der Waals surface area (Å²) in [5.41, 5.74) is -0.170. The highest BCUT2D eigenvalue weighted by atomic mass is 16.2. The maximum atomic E-state index is 12.2. The highest BCUT2D eigenvalue weighted by molar-refractivity contribution is 5.82. The Hall–Kier alpha value is -1.26. The monoisotopic (exact) mass is 281 g/mol. The van der Waals surface area contributed by atoms with Crippen molar-refractivity contribution in [1.82, 2.24) is 15.1 Å². The van der Waals surface area contributed by atoms with Crippen LogP contribution in [-0.4, -0.2) is 53.0 Å². The van der Waals surface area contributed by atoms with Crippen molar-refractivity contribution in [3.63, 3.8) is 0 Å². The van der Waals surface area contributed by atoms with Crippen LogP contribution >= 0.6 is 0 Å². The SMILES string of the molecule is CC1CCCN(C(=O)NC2CC(=O)N(C(C)(C)C)C2)C1. The molecule has 0 aromatic carbocycles. The van der Waals surface area contributed by atoms with E-state index in [0.29, 0.717) is 18.9 Å². The summed E-state index contributed by atoms with van der Waals surface area (Å²) in [7, 11) is 0. The number of carbonyl (C=O) groups is 2. The Labute approximate surface area is 121 Å². The summed E-state index contributed by atoms with van der Waals surface area (Å²) in [5.74, 6) is 0.709. The van der Waals surface area contributed by atoms with Crippen LogP contribution in [0, 0.1) is 5.92 Å². The summed E-state index contributed by atoms with van der Waals surface area (Å²) in [6.45, 7) is 10.6. The normalized spacial score (nSPS) is 27.9. The number of hydrogen-bond acceptors (Lipinski definition) is 2. The van der Waals surface area contributed by atoms with E-state index in [1.807, 2.05) is 30.6 Å². The predicted molar refractivity (Wildman–Crippen MR) is 78.4 cm³/mol. The lowest BCUT2D eigenvalue weighted by atomic mass is 10.0. The Bertz CT molecular complexity index is 389. The van der Waals surface area contributed by atoms with Gasteiger partial charge in [-0.15, -0.1) is 0 Å². The molecule has 2 saturated heterocycles. The van der Waals surface area contributed by atoms with Gasteiger partial charge in [-0.2, -0.15) is 0 Å². The molecule has 0 aliphatic carbocycles. The summed E-state index contributed by atoms with van der Waals surface area (Å²) in [6.07, 6.45) is 2.70. The smallest absolute Gasteiger partial charge is 0.317 e. The molecule has 114 valence electrons. The molecule has 0 aromatic rings. The van der Waals surface area contributed by atoms with Gasteiger partial charge in [-0.25, -0.2) is 4.79 Å². The molecule has 0 bridgehead atoms. The molecule has 2 atom stereocenters. The Kier molecular flexibility index (Phi) is 4.25. The molecule has 2 unspecified atom stereocenters. The van der Waals surface area contributed by atoms with Gasteiger partial charge in [0.25, 0.3) is 0 Å². The second-order valence-electron chi connectivity index (χ2n) is 7.22. The summed E-state index contributed by atoms with van der Waals surface area (Å²) < 4.78 is 0. The molecule has 0 spiro atoms. The quantitative estimate of drug-likeness (QED) is 0.797. The van der Waals surface area contributed by atoms with Crippen LogP contribution in [0.25, 0.3) is 0 Å². The topological polar surface area (TPSA) is 52.7 Å². The van der Waals surface area contributed by atoms with E-state index in [9.17, 15) is 9.59 Å². The van der Waals surface area contributed by atoms with Crippen molar-refractivity contribution in [2.45, 2.75) is 58.5 Å².